The number of likely N-dealkylation sites (N-methyl/N-ethyl adjacent to an activating group) is 1. The van der Waals surface area contributed by atoms with Crippen LogP contribution in [0.1, 0.15) is 11.3 Å². The van der Waals surface area contributed by atoms with Crippen molar-refractivity contribution >= 4 is 23.0 Å². The monoisotopic (exact) mass is 356 g/mol. The van der Waals surface area contributed by atoms with E-state index in [1.807, 2.05) is 6.07 Å². The number of nitrogens with one attached hydrogen (secondary N) is 1. The third-order valence-corrected chi connectivity index (χ3v) is 4.38. The highest BCUT2D eigenvalue weighted by molar-refractivity contribution is 7.80. The van der Waals surface area contributed by atoms with E-state index in [4.69, 9.17) is 12.2 Å². The quantitative estimate of drug-likeness (QED) is 0.484. The number of piperazine rings is 1. The van der Waals surface area contributed by atoms with Crippen LogP contribution < -0.4 is 5.43 Å². The number of phenols is 1. The van der Waals surface area contributed by atoms with Crippen molar-refractivity contribution in [2.24, 2.45) is 5.10 Å². The summed E-state index contributed by atoms with van der Waals surface area (Å²) in [4.78, 5) is 4.34. The maximum absolute atomic E-state index is 10.2. The minimum absolute atomic E-state index is 0.124. The lowest BCUT2D eigenvalue weighted by Crippen LogP contribution is -2.49. The zero-order valence-corrected chi connectivity index (χ0v) is 14.8. The molecule has 0 amide bonds. The smallest absolute Gasteiger partial charge is 0.189 e. The number of hydrogen-bond acceptors (Lipinski definition) is 6. The Morgan fingerprint density at radius 2 is 1.92 bits per heavy atom. The van der Waals surface area contributed by atoms with E-state index < -0.39 is 0 Å². The summed E-state index contributed by atoms with van der Waals surface area (Å²) in [5.41, 5.74) is 4.55. The summed E-state index contributed by atoms with van der Waals surface area (Å²) in [5, 5.41) is 23.2. The highest BCUT2D eigenvalue weighted by Gasteiger charge is 2.17. The number of hydrazone groups is 1. The molecule has 7 nitrogen and oxygen atoms in total. The molecule has 0 aliphatic carbocycles. The molecule has 1 aromatic heterocycles. The zero-order chi connectivity index (χ0) is 17.6. The number of rotatable bonds is 3. The van der Waals surface area contributed by atoms with Crippen LogP contribution in [0, 0.1) is 0 Å². The molecule has 130 valence electrons. The van der Waals surface area contributed by atoms with Crippen molar-refractivity contribution in [3.05, 3.63) is 53.9 Å². The Labute approximate surface area is 152 Å². The molecule has 3 rings (SSSR count). The maximum atomic E-state index is 10.2. The molecule has 1 fully saturated rings. The van der Waals surface area contributed by atoms with E-state index in [1.165, 1.54) is 0 Å². The van der Waals surface area contributed by atoms with Gasteiger partial charge in [0.2, 0.25) is 0 Å². The lowest BCUT2D eigenvalue weighted by molar-refractivity contribution is 0.214. The van der Waals surface area contributed by atoms with Crippen LogP contribution in [-0.4, -0.2) is 69.2 Å². The molecule has 8 heteroatoms. The lowest BCUT2D eigenvalue weighted by Gasteiger charge is -2.33. The van der Waals surface area contributed by atoms with Gasteiger partial charge in [-0.25, -0.2) is 0 Å². The van der Waals surface area contributed by atoms with Crippen molar-refractivity contribution in [2.45, 2.75) is 0 Å². The van der Waals surface area contributed by atoms with Crippen molar-refractivity contribution in [1.82, 2.24) is 25.4 Å². The molecule has 0 atom stereocenters. The van der Waals surface area contributed by atoms with Gasteiger partial charge in [-0.3, -0.25) is 5.43 Å². The Kier molecular flexibility index (Phi) is 5.52. The second-order valence-electron chi connectivity index (χ2n) is 5.79. The van der Waals surface area contributed by atoms with Gasteiger partial charge >= 0.3 is 0 Å². The third kappa shape index (κ3) is 4.28. The fourth-order valence-electron chi connectivity index (χ4n) is 2.54. The Hall–Kier alpha value is -2.58. The number of aromatic nitrogens is 2. The van der Waals surface area contributed by atoms with Crippen molar-refractivity contribution in [3.8, 4) is 5.75 Å². The molecule has 25 heavy (non-hydrogen) atoms. The molecular formula is C17H20N6OS. The number of thiocarbonyl (C=S) groups is 1. The van der Waals surface area contributed by atoms with Crippen LogP contribution in [0.4, 0.5) is 0 Å². The van der Waals surface area contributed by atoms with Crippen LogP contribution in [0.5, 0.6) is 5.75 Å². The van der Waals surface area contributed by atoms with Crippen LogP contribution in [0.3, 0.4) is 0 Å². The Morgan fingerprint density at radius 3 is 2.60 bits per heavy atom. The standard InChI is InChI=1S/C17H20N6OS/c1-22-9-11-23(12-10-22)17(25)21-20-16(14-6-4-8-18-19-14)13-5-2-3-7-15(13)24/h2-8,24H,9-12H2,1H3,(H,21,25). The molecule has 2 aromatic rings. The summed E-state index contributed by atoms with van der Waals surface area (Å²) in [6.45, 7) is 3.63. The first-order valence-corrected chi connectivity index (χ1v) is 8.43. The van der Waals surface area contributed by atoms with E-state index in [2.05, 4.69) is 37.6 Å². The second-order valence-corrected chi connectivity index (χ2v) is 6.18. The molecule has 0 spiro atoms. The maximum Gasteiger partial charge on any atom is 0.189 e. The van der Waals surface area contributed by atoms with E-state index in [0.29, 0.717) is 22.1 Å². The molecule has 0 bridgehead atoms. The normalized spacial score (nSPS) is 15.9. The van der Waals surface area contributed by atoms with E-state index >= 15 is 0 Å². The van der Waals surface area contributed by atoms with Crippen molar-refractivity contribution in [3.63, 3.8) is 0 Å². The number of phenolic OH excluding ortho intramolecular Hbond substituents is 1. The van der Waals surface area contributed by atoms with Gasteiger partial charge in [0.15, 0.2) is 5.11 Å². The number of nitrogens with zero attached hydrogens (tertiary/aromatic N) is 5. The number of benzene rings is 1. The van der Waals surface area contributed by atoms with Gasteiger partial charge in [0.25, 0.3) is 0 Å². The molecule has 1 saturated heterocycles. The average molecular weight is 356 g/mol. The van der Waals surface area contributed by atoms with Crippen molar-refractivity contribution < 1.29 is 5.11 Å². The van der Waals surface area contributed by atoms with Gasteiger partial charge in [-0.15, -0.1) is 5.10 Å². The minimum atomic E-state index is 0.124. The fraction of sp³-hybridized carbons (Fsp3) is 0.294. The predicted molar refractivity (Wildman–Crippen MR) is 101 cm³/mol. The van der Waals surface area contributed by atoms with E-state index in [-0.39, 0.29) is 5.75 Å². The molecular weight excluding hydrogens is 336 g/mol. The average Bonchev–Trinajstić information content (AvgIpc) is 2.64. The minimum Gasteiger partial charge on any atom is -0.507 e. The Bertz CT molecular complexity index is 759. The summed E-state index contributed by atoms with van der Waals surface area (Å²) in [6, 6.07) is 10.5. The van der Waals surface area contributed by atoms with Gasteiger partial charge in [-0.1, -0.05) is 12.1 Å². The molecule has 1 aliphatic heterocycles. The van der Waals surface area contributed by atoms with Gasteiger partial charge in [0.05, 0.1) is 0 Å². The van der Waals surface area contributed by atoms with Crippen molar-refractivity contribution in [2.75, 3.05) is 33.2 Å². The molecule has 1 aromatic carbocycles. The Morgan fingerprint density at radius 1 is 1.16 bits per heavy atom. The molecule has 2 N–H and O–H groups in total. The number of para-hydroxylation sites is 1. The highest BCUT2D eigenvalue weighted by Crippen LogP contribution is 2.19. The Balaban J connectivity index is 1.83. The van der Waals surface area contributed by atoms with E-state index in [1.54, 1.807) is 36.5 Å². The van der Waals surface area contributed by atoms with Gasteiger partial charge in [0.1, 0.15) is 17.2 Å². The molecule has 0 unspecified atom stereocenters. The highest BCUT2D eigenvalue weighted by atomic mass is 32.1. The van der Waals surface area contributed by atoms with Crippen LogP contribution in [0.25, 0.3) is 0 Å². The van der Waals surface area contributed by atoms with Crippen LogP contribution in [0.15, 0.2) is 47.7 Å². The largest absolute Gasteiger partial charge is 0.507 e. The summed E-state index contributed by atoms with van der Waals surface area (Å²) in [6.07, 6.45) is 1.59. The summed E-state index contributed by atoms with van der Waals surface area (Å²) in [5.74, 6) is 0.124. The van der Waals surface area contributed by atoms with Gasteiger partial charge in [-0.05, 0) is 43.5 Å². The summed E-state index contributed by atoms with van der Waals surface area (Å²) >= 11 is 5.45. The fourth-order valence-corrected chi connectivity index (χ4v) is 2.77. The first-order valence-electron chi connectivity index (χ1n) is 8.03. The second kappa shape index (κ2) is 8.00. The molecule has 0 saturated carbocycles. The SMILES string of the molecule is CN1CCN(C(=S)NN=C(c2cccnn2)c2ccccc2O)CC1. The van der Waals surface area contributed by atoms with Gasteiger partial charge in [0, 0.05) is 37.9 Å². The van der Waals surface area contributed by atoms with Crippen molar-refractivity contribution in [1.29, 1.82) is 0 Å². The number of aromatic hydroxyl groups is 1. The molecule has 1 aliphatic rings. The zero-order valence-electron chi connectivity index (χ0n) is 14.0. The van der Waals surface area contributed by atoms with Crippen LogP contribution >= 0.6 is 12.2 Å². The predicted octanol–water partition coefficient (Wildman–Crippen LogP) is 1.06. The summed E-state index contributed by atoms with van der Waals surface area (Å²) < 4.78 is 0. The first-order chi connectivity index (χ1) is 12.1. The summed E-state index contributed by atoms with van der Waals surface area (Å²) in [7, 11) is 2.09. The molecule has 0 radical (unpaired) electrons. The van der Waals surface area contributed by atoms with E-state index in [9.17, 15) is 5.11 Å². The van der Waals surface area contributed by atoms with E-state index in [0.717, 1.165) is 26.2 Å². The van der Waals surface area contributed by atoms with Crippen LogP contribution in [0.2, 0.25) is 0 Å². The first kappa shape index (κ1) is 17.2. The van der Waals surface area contributed by atoms with Gasteiger partial charge < -0.3 is 14.9 Å². The number of hydrogen-bond donors (Lipinski definition) is 2. The molecule has 2 heterocycles. The van der Waals surface area contributed by atoms with Crippen LogP contribution in [-0.2, 0) is 0 Å². The third-order valence-electron chi connectivity index (χ3n) is 4.03. The topological polar surface area (TPSA) is 76.9 Å². The van der Waals surface area contributed by atoms with Gasteiger partial charge in [-0.2, -0.15) is 10.2 Å². The lowest BCUT2D eigenvalue weighted by atomic mass is 10.1.